The summed E-state index contributed by atoms with van der Waals surface area (Å²) in [5.74, 6) is -0.280. The highest BCUT2D eigenvalue weighted by atomic mass is 16.5. The molecule has 3 nitrogen and oxygen atoms in total. The Morgan fingerprint density at radius 2 is 2.00 bits per heavy atom. The maximum absolute atomic E-state index is 11.5. The number of methoxy groups -OCH3 is 1. The highest BCUT2D eigenvalue weighted by molar-refractivity contribution is 5.90. The van der Waals surface area contributed by atoms with E-state index in [1.807, 2.05) is 24.3 Å². The third-order valence-corrected chi connectivity index (χ3v) is 3.76. The third-order valence-electron chi connectivity index (χ3n) is 3.76. The fourth-order valence-electron chi connectivity index (χ4n) is 2.68. The molecule has 1 N–H and O–H groups in total. The minimum Gasteiger partial charge on any atom is -0.465 e. The van der Waals surface area contributed by atoms with Gasteiger partial charge in [0.25, 0.3) is 0 Å². The van der Waals surface area contributed by atoms with Gasteiger partial charge in [-0.2, -0.15) is 0 Å². The summed E-state index contributed by atoms with van der Waals surface area (Å²) in [7, 11) is 1.41. The Kier molecular flexibility index (Phi) is 3.42. The van der Waals surface area contributed by atoms with Crippen molar-refractivity contribution in [1.29, 1.82) is 0 Å². The number of hydrogen-bond donors (Lipinski definition) is 1. The minimum atomic E-state index is -0.280. The van der Waals surface area contributed by atoms with E-state index in [-0.39, 0.29) is 5.97 Å². The number of anilines is 1. The van der Waals surface area contributed by atoms with Crippen LogP contribution >= 0.6 is 0 Å². The number of carbonyl (C=O) groups excluding carboxylic acids is 1. The molecule has 1 heterocycles. The molecule has 2 aromatic rings. The first-order valence-corrected chi connectivity index (χ1v) is 6.80. The lowest BCUT2D eigenvalue weighted by Gasteiger charge is -2.27. The van der Waals surface area contributed by atoms with E-state index in [9.17, 15) is 4.79 Å². The molecule has 3 heteroatoms. The summed E-state index contributed by atoms with van der Waals surface area (Å²) in [6, 6.07) is 16.5. The van der Waals surface area contributed by atoms with Crippen LogP contribution in [0.5, 0.6) is 0 Å². The highest BCUT2D eigenvalue weighted by Crippen LogP contribution is 2.33. The van der Waals surface area contributed by atoms with Crippen LogP contribution in [0.3, 0.4) is 0 Å². The van der Waals surface area contributed by atoms with E-state index < -0.39 is 0 Å². The van der Waals surface area contributed by atoms with Crippen LogP contribution in [-0.2, 0) is 11.2 Å². The van der Waals surface area contributed by atoms with Gasteiger partial charge in [-0.25, -0.2) is 4.79 Å². The molecule has 0 saturated carbocycles. The Morgan fingerprint density at radius 3 is 2.75 bits per heavy atom. The number of esters is 1. The van der Waals surface area contributed by atoms with Crippen LogP contribution in [0.1, 0.15) is 33.9 Å². The van der Waals surface area contributed by atoms with E-state index in [0.29, 0.717) is 11.6 Å². The third kappa shape index (κ3) is 2.39. The number of aryl methyl sites for hydroxylation is 1. The van der Waals surface area contributed by atoms with Crippen LogP contribution in [0.4, 0.5) is 5.69 Å². The molecular formula is C17H17NO2. The Morgan fingerprint density at radius 1 is 1.20 bits per heavy atom. The molecule has 0 fully saturated rings. The second-order valence-electron chi connectivity index (χ2n) is 5.01. The van der Waals surface area contributed by atoms with Crippen molar-refractivity contribution in [2.75, 3.05) is 12.4 Å². The molecular weight excluding hydrogens is 250 g/mol. The largest absolute Gasteiger partial charge is 0.465 e. The van der Waals surface area contributed by atoms with E-state index >= 15 is 0 Å². The number of hydrogen-bond acceptors (Lipinski definition) is 3. The van der Waals surface area contributed by atoms with Crippen LogP contribution in [0.2, 0.25) is 0 Å². The van der Waals surface area contributed by atoms with Crippen LogP contribution in [0.15, 0.2) is 48.5 Å². The summed E-state index contributed by atoms with van der Waals surface area (Å²) >= 11 is 0. The van der Waals surface area contributed by atoms with Crippen molar-refractivity contribution in [2.24, 2.45) is 0 Å². The Labute approximate surface area is 118 Å². The van der Waals surface area contributed by atoms with Crippen molar-refractivity contribution in [3.63, 3.8) is 0 Å². The lowest BCUT2D eigenvalue weighted by molar-refractivity contribution is 0.0600. The summed E-state index contributed by atoms with van der Waals surface area (Å²) in [6.07, 6.45) is 1.99. The minimum absolute atomic E-state index is 0.280. The maximum atomic E-state index is 11.5. The average Bonchev–Trinajstić information content (AvgIpc) is 2.54. The van der Waals surface area contributed by atoms with Crippen molar-refractivity contribution in [2.45, 2.75) is 18.9 Å². The Hall–Kier alpha value is -2.29. The summed E-state index contributed by atoms with van der Waals surface area (Å²) in [5.41, 5.74) is 4.21. The first-order valence-electron chi connectivity index (χ1n) is 6.80. The molecule has 0 bridgehead atoms. The summed E-state index contributed by atoms with van der Waals surface area (Å²) < 4.78 is 4.76. The maximum Gasteiger partial charge on any atom is 0.337 e. The topological polar surface area (TPSA) is 38.3 Å². The second-order valence-corrected chi connectivity index (χ2v) is 5.01. The zero-order valence-electron chi connectivity index (χ0n) is 11.4. The fourth-order valence-corrected chi connectivity index (χ4v) is 2.68. The van der Waals surface area contributed by atoms with Gasteiger partial charge in [-0.05, 0) is 42.2 Å². The molecule has 0 spiro atoms. The quantitative estimate of drug-likeness (QED) is 0.845. The second kappa shape index (κ2) is 5.37. The summed E-state index contributed by atoms with van der Waals surface area (Å²) in [6.45, 7) is 0. The van der Waals surface area contributed by atoms with Gasteiger partial charge in [-0.15, -0.1) is 0 Å². The predicted molar refractivity (Wildman–Crippen MR) is 78.9 cm³/mol. The van der Waals surface area contributed by atoms with Crippen molar-refractivity contribution in [3.8, 4) is 0 Å². The van der Waals surface area contributed by atoms with Gasteiger partial charge in [-0.1, -0.05) is 30.3 Å². The Balaban J connectivity index is 1.84. The predicted octanol–water partition coefficient (Wildman–Crippen LogP) is 3.57. The fraction of sp³-hybridized carbons (Fsp3) is 0.235. The molecule has 1 atom stereocenters. The van der Waals surface area contributed by atoms with Gasteiger partial charge in [0, 0.05) is 5.69 Å². The van der Waals surface area contributed by atoms with E-state index in [0.717, 1.165) is 18.5 Å². The molecule has 2 aromatic carbocycles. The average molecular weight is 267 g/mol. The van der Waals surface area contributed by atoms with E-state index in [2.05, 4.69) is 29.6 Å². The van der Waals surface area contributed by atoms with Gasteiger partial charge in [0.1, 0.15) is 0 Å². The van der Waals surface area contributed by atoms with Gasteiger partial charge in [0.15, 0.2) is 0 Å². The molecule has 0 radical (unpaired) electrons. The molecule has 3 rings (SSSR count). The zero-order chi connectivity index (χ0) is 13.9. The lowest BCUT2D eigenvalue weighted by Crippen LogP contribution is -2.18. The smallest absolute Gasteiger partial charge is 0.337 e. The van der Waals surface area contributed by atoms with Gasteiger partial charge >= 0.3 is 5.97 Å². The number of nitrogens with one attached hydrogen (secondary N) is 1. The number of fused-ring (bicyclic) bond motifs is 1. The van der Waals surface area contributed by atoms with Gasteiger partial charge in [0.2, 0.25) is 0 Å². The van der Waals surface area contributed by atoms with Gasteiger partial charge in [-0.3, -0.25) is 0 Å². The van der Waals surface area contributed by atoms with Crippen molar-refractivity contribution < 1.29 is 9.53 Å². The Bertz CT molecular complexity index is 622. The molecule has 20 heavy (non-hydrogen) atoms. The molecule has 1 unspecified atom stereocenters. The molecule has 102 valence electrons. The van der Waals surface area contributed by atoms with E-state index in [1.54, 1.807) is 0 Å². The molecule has 0 saturated heterocycles. The number of carbonyl (C=O) groups is 1. The molecule has 0 aliphatic carbocycles. The van der Waals surface area contributed by atoms with Crippen LogP contribution < -0.4 is 5.32 Å². The van der Waals surface area contributed by atoms with Crippen molar-refractivity contribution in [1.82, 2.24) is 0 Å². The number of rotatable bonds is 2. The van der Waals surface area contributed by atoms with E-state index in [4.69, 9.17) is 4.74 Å². The monoisotopic (exact) mass is 267 g/mol. The standard InChI is InChI=1S/C17H17NO2/c1-20-17(19)14-8-10-16-13(11-14)7-9-15(18-16)12-5-3-2-4-6-12/h2-6,8,10-11,15,18H,7,9H2,1H3. The summed E-state index contributed by atoms with van der Waals surface area (Å²) in [4.78, 5) is 11.5. The SMILES string of the molecule is COC(=O)c1ccc2c(c1)CCC(c1ccccc1)N2. The van der Waals surface area contributed by atoms with Gasteiger partial charge in [0.05, 0.1) is 18.7 Å². The van der Waals surface area contributed by atoms with Crippen LogP contribution in [0, 0.1) is 0 Å². The molecule has 0 aromatic heterocycles. The van der Waals surface area contributed by atoms with Crippen LogP contribution in [-0.4, -0.2) is 13.1 Å². The first-order chi connectivity index (χ1) is 9.78. The number of benzene rings is 2. The van der Waals surface area contributed by atoms with Gasteiger partial charge < -0.3 is 10.1 Å². The molecule has 1 aliphatic rings. The van der Waals surface area contributed by atoms with Crippen molar-refractivity contribution in [3.05, 3.63) is 65.2 Å². The zero-order valence-corrected chi connectivity index (χ0v) is 11.4. The van der Waals surface area contributed by atoms with Crippen molar-refractivity contribution >= 4 is 11.7 Å². The number of ether oxygens (including phenoxy) is 1. The highest BCUT2D eigenvalue weighted by Gasteiger charge is 2.20. The normalized spacial score (nSPS) is 16.9. The van der Waals surface area contributed by atoms with E-state index in [1.165, 1.54) is 18.2 Å². The lowest BCUT2D eigenvalue weighted by atomic mass is 9.92. The molecule has 1 aliphatic heterocycles. The van der Waals surface area contributed by atoms with Crippen LogP contribution in [0.25, 0.3) is 0 Å². The first kappa shape index (κ1) is 12.7. The summed E-state index contributed by atoms with van der Waals surface area (Å²) in [5, 5.41) is 3.55. The molecule has 0 amide bonds.